The van der Waals surface area contributed by atoms with Gasteiger partial charge in [0.1, 0.15) is 25.0 Å². The summed E-state index contributed by atoms with van der Waals surface area (Å²) < 4.78 is 80.8. The number of hydrogen-bond acceptors (Lipinski definition) is 7. The Kier molecular flexibility index (Phi) is 7.03. The topological polar surface area (TPSA) is 108 Å². The SMILES string of the molecule is CC(=O)OC[C@H]1OC(NS(=O)(=O)c2cccc(C(F)(F)F)c2)C=C[C@H]1OC(C)=O. The number of ether oxygens (including phenoxy) is 3. The van der Waals surface area contributed by atoms with Gasteiger partial charge in [-0.2, -0.15) is 17.9 Å². The highest BCUT2D eigenvalue weighted by atomic mass is 32.2. The number of esters is 2. The molecule has 0 bridgehead atoms. The van der Waals surface area contributed by atoms with Crippen LogP contribution >= 0.6 is 0 Å². The van der Waals surface area contributed by atoms with Gasteiger partial charge in [-0.05, 0) is 30.4 Å². The van der Waals surface area contributed by atoms with Crippen LogP contribution in [0.2, 0.25) is 0 Å². The van der Waals surface area contributed by atoms with E-state index in [4.69, 9.17) is 14.2 Å². The highest BCUT2D eigenvalue weighted by molar-refractivity contribution is 7.89. The first-order valence-corrected chi connectivity index (χ1v) is 9.71. The van der Waals surface area contributed by atoms with Crippen LogP contribution in [0.15, 0.2) is 41.3 Å². The molecule has 1 aliphatic rings. The van der Waals surface area contributed by atoms with Crippen molar-refractivity contribution in [1.29, 1.82) is 0 Å². The van der Waals surface area contributed by atoms with Crippen LogP contribution in [0, 0.1) is 0 Å². The third-order valence-electron chi connectivity index (χ3n) is 3.66. The Morgan fingerprint density at radius 2 is 1.86 bits per heavy atom. The lowest BCUT2D eigenvalue weighted by Gasteiger charge is -2.31. The molecule has 29 heavy (non-hydrogen) atoms. The van der Waals surface area contributed by atoms with Crippen molar-refractivity contribution in [2.24, 2.45) is 0 Å². The fourth-order valence-corrected chi connectivity index (χ4v) is 3.53. The molecule has 0 aromatic heterocycles. The first-order chi connectivity index (χ1) is 13.4. The molecule has 8 nitrogen and oxygen atoms in total. The molecule has 0 aliphatic carbocycles. The van der Waals surface area contributed by atoms with Crippen LogP contribution in [0.5, 0.6) is 0 Å². The maximum absolute atomic E-state index is 12.8. The summed E-state index contributed by atoms with van der Waals surface area (Å²) >= 11 is 0. The maximum Gasteiger partial charge on any atom is 0.416 e. The standard InChI is InChI=1S/C17H18F3NO7S/c1-10(22)26-9-15-14(27-11(2)23)6-7-16(28-15)21-29(24,25)13-5-3-4-12(8-13)17(18,19)20/h3-8,14-16,21H,9H2,1-2H3/t14-,15-,16?/m1/s1. The molecule has 0 amide bonds. The van der Waals surface area contributed by atoms with E-state index in [2.05, 4.69) is 4.72 Å². The number of benzene rings is 1. The predicted molar refractivity (Wildman–Crippen MR) is 91.8 cm³/mol. The molecule has 1 N–H and O–H groups in total. The molecular formula is C17H18F3NO7S. The summed E-state index contributed by atoms with van der Waals surface area (Å²) in [7, 11) is -4.38. The lowest BCUT2D eigenvalue weighted by atomic mass is 10.1. The lowest BCUT2D eigenvalue weighted by molar-refractivity contribution is -0.163. The molecular weight excluding hydrogens is 419 g/mol. The molecule has 0 saturated carbocycles. The van der Waals surface area contributed by atoms with Gasteiger partial charge in [0.2, 0.25) is 10.0 Å². The van der Waals surface area contributed by atoms with E-state index in [0.29, 0.717) is 6.07 Å². The van der Waals surface area contributed by atoms with Crippen molar-refractivity contribution in [3.63, 3.8) is 0 Å². The predicted octanol–water partition coefficient (Wildman–Crippen LogP) is 1.76. The second-order valence-electron chi connectivity index (χ2n) is 6.00. The Morgan fingerprint density at radius 3 is 2.45 bits per heavy atom. The highest BCUT2D eigenvalue weighted by Crippen LogP contribution is 2.30. The molecule has 1 heterocycles. The average molecular weight is 437 g/mol. The van der Waals surface area contributed by atoms with E-state index in [9.17, 15) is 31.2 Å². The van der Waals surface area contributed by atoms with Crippen LogP contribution < -0.4 is 4.72 Å². The zero-order valence-electron chi connectivity index (χ0n) is 15.3. The molecule has 12 heteroatoms. The van der Waals surface area contributed by atoms with Gasteiger partial charge in [-0.25, -0.2) is 8.42 Å². The zero-order chi connectivity index (χ0) is 21.8. The summed E-state index contributed by atoms with van der Waals surface area (Å²) in [5.41, 5.74) is -1.12. The molecule has 0 fully saturated rings. The second kappa shape index (κ2) is 8.93. The van der Waals surface area contributed by atoms with Crippen molar-refractivity contribution >= 4 is 22.0 Å². The number of nitrogens with one attached hydrogen (secondary N) is 1. The Hall–Kier alpha value is -2.44. The van der Waals surface area contributed by atoms with Crippen LogP contribution in [0.25, 0.3) is 0 Å². The Bertz CT molecular complexity index is 899. The van der Waals surface area contributed by atoms with Crippen molar-refractivity contribution in [3.8, 4) is 0 Å². The number of carbonyl (C=O) groups is 2. The van der Waals surface area contributed by atoms with Gasteiger partial charge < -0.3 is 14.2 Å². The minimum absolute atomic E-state index is 0.334. The van der Waals surface area contributed by atoms with Crippen LogP contribution in [0.3, 0.4) is 0 Å². The fourth-order valence-electron chi connectivity index (χ4n) is 2.41. The summed E-state index contributed by atoms with van der Waals surface area (Å²) in [5, 5.41) is 0. The largest absolute Gasteiger partial charge is 0.463 e. The van der Waals surface area contributed by atoms with Gasteiger partial charge in [0.05, 0.1) is 10.5 Å². The number of rotatable bonds is 6. The number of sulfonamides is 1. The summed E-state index contributed by atoms with van der Waals surface area (Å²) in [6.07, 6.45) is -5.41. The first kappa shape index (κ1) is 22.8. The van der Waals surface area contributed by atoms with E-state index in [1.54, 1.807) is 0 Å². The zero-order valence-corrected chi connectivity index (χ0v) is 16.1. The number of alkyl halides is 3. The van der Waals surface area contributed by atoms with Crippen LogP contribution in [0.1, 0.15) is 19.4 Å². The van der Waals surface area contributed by atoms with Gasteiger partial charge in [-0.3, -0.25) is 9.59 Å². The van der Waals surface area contributed by atoms with E-state index in [-0.39, 0.29) is 6.61 Å². The van der Waals surface area contributed by atoms with Crippen molar-refractivity contribution in [1.82, 2.24) is 4.72 Å². The average Bonchev–Trinajstić information content (AvgIpc) is 2.60. The summed E-state index contributed by atoms with van der Waals surface area (Å²) in [6.45, 7) is 1.96. The van der Waals surface area contributed by atoms with Gasteiger partial charge in [0, 0.05) is 13.8 Å². The van der Waals surface area contributed by atoms with Gasteiger partial charge in [0.15, 0.2) is 0 Å². The third kappa shape index (κ3) is 6.54. The first-order valence-electron chi connectivity index (χ1n) is 8.22. The molecule has 1 unspecified atom stereocenters. The van der Waals surface area contributed by atoms with Crippen LogP contribution in [0.4, 0.5) is 13.2 Å². The van der Waals surface area contributed by atoms with Crippen molar-refractivity contribution in [3.05, 3.63) is 42.0 Å². The smallest absolute Gasteiger partial charge is 0.416 e. The summed E-state index contributed by atoms with van der Waals surface area (Å²) in [4.78, 5) is 21.6. The van der Waals surface area contributed by atoms with Gasteiger partial charge in [-0.1, -0.05) is 6.07 Å². The molecule has 1 aliphatic heterocycles. The second-order valence-corrected chi connectivity index (χ2v) is 7.72. The minimum Gasteiger partial charge on any atom is -0.463 e. The molecule has 0 saturated heterocycles. The van der Waals surface area contributed by atoms with Crippen LogP contribution in [-0.2, 0) is 40.0 Å². The fraction of sp³-hybridized carbons (Fsp3) is 0.412. The normalized spacial score (nSPS) is 22.2. The van der Waals surface area contributed by atoms with E-state index in [1.807, 2.05) is 0 Å². The number of halogens is 3. The number of hydrogen-bond donors (Lipinski definition) is 1. The molecule has 2 rings (SSSR count). The Morgan fingerprint density at radius 1 is 1.17 bits per heavy atom. The summed E-state index contributed by atoms with van der Waals surface area (Å²) in [5.74, 6) is -1.27. The van der Waals surface area contributed by atoms with E-state index in [0.717, 1.165) is 32.0 Å². The van der Waals surface area contributed by atoms with Gasteiger partial charge in [-0.15, -0.1) is 0 Å². The van der Waals surface area contributed by atoms with Gasteiger partial charge >= 0.3 is 18.1 Å². The third-order valence-corrected chi connectivity index (χ3v) is 5.08. The van der Waals surface area contributed by atoms with E-state index < -0.39 is 57.0 Å². The van der Waals surface area contributed by atoms with E-state index in [1.165, 1.54) is 12.2 Å². The van der Waals surface area contributed by atoms with Crippen molar-refractivity contribution < 1.29 is 45.4 Å². The molecule has 160 valence electrons. The Balaban J connectivity index is 2.19. The molecule has 3 atom stereocenters. The highest BCUT2D eigenvalue weighted by Gasteiger charge is 2.34. The summed E-state index contributed by atoms with van der Waals surface area (Å²) in [6, 6.07) is 3.21. The number of carbonyl (C=O) groups excluding carboxylic acids is 2. The molecule has 0 radical (unpaired) electrons. The van der Waals surface area contributed by atoms with E-state index >= 15 is 0 Å². The molecule has 1 aromatic rings. The van der Waals surface area contributed by atoms with Crippen molar-refractivity contribution in [2.45, 2.75) is 43.4 Å². The van der Waals surface area contributed by atoms with Crippen LogP contribution in [-0.4, -0.2) is 45.4 Å². The van der Waals surface area contributed by atoms with Gasteiger partial charge in [0.25, 0.3) is 0 Å². The monoisotopic (exact) mass is 437 g/mol. The molecule has 0 spiro atoms. The quantitative estimate of drug-likeness (QED) is 0.534. The minimum atomic E-state index is -4.71. The lowest BCUT2D eigenvalue weighted by Crippen LogP contribution is -2.47. The van der Waals surface area contributed by atoms with Crippen molar-refractivity contribution in [2.75, 3.05) is 6.61 Å². The maximum atomic E-state index is 12.8. The Labute approximate surface area is 164 Å². The molecule has 1 aromatic carbocycles.